The van der Waals surface area contributed by atoms with Crippen LogP contribution in [0.15, 0.2) is 30.3 Å². The van der Waals surface area contributed by atoms with Gasteiger partial charge >= 0.3 is 0 Å². The van der Waals surface area contributed by atoms with E-state index < -0.39 is 21.6 Å². The molecule has 1 aliphatic heterocycles. The second-order valence-electron chi connectivity index (χ2n) is 3.27. The summed E-state index contributed by atoms with van der Waals surface area (Å²) < 4.78 is 23.2. The molecule has 2 nitrogen and oxygen atoms in total. The maximum Gasteiger partial charge on any atom is 0.135 e. The van der Waals surface area contributed by atoms with Crippen LogP contribution in [0.4, 0.5) is 0 Å². The number of hydrogen-bond donors (Lipinski definition) is 0. The van der Waals surface area contributed by atoms with Crippen LogP contribution in [-0.4, -0.2) is 19.9 Å². The van der Waals surface area contributed by atoms with Crippen molar-refractivity contribution in [2.75, 3.05) is 11.5 Å². The monoisotopic (exact) mass is 228 g/mol. The summed E-state index contributed by atoms with van der Waals surface area (Å²) in [5.41, 5.74) is 0.948. The van der Waals surface area contributed by atoms with Crippen molar-refractivity contribution in [3.05, 3.63) is 35.9 Å². The van der Waals surface area contributed by atoms with Crippen molar-refractivity contribution in [2.24, 2.45) is 0 Å². The molecule has 1 aliphatic rings. The van der Waals surface area contributed by atoms with Gasteiger partial charge in [0.2, 0.25) is 0 Å². The Bertz CT molecular complexity index is 346. The van der Waals surface area contributed by atoms with Crippen LogP contribution in [0.1, 0.15) is 16.6 Å². The molecule has 2 rings (SSSR count). The highest BCUT2D eigenvalue weighted by Crippen LogP contribution is 2.28. The SMILES string of the molecule is O=S1CCCS(=O)C1c1ccccc1. The van der Waals surface area contributed by atoms with E-state index in [9.17, 15) is 8.42 Å². The van der Waals surface area contributed by atoms with E-state index in [0.717, 1.165) is 12.0 Å². The van der Waals surface area contributed by atoms with Crippen molar-refractivity contribution in [1.82, 2.24) is 0 Å². The van der Waals surface area contributed by atoms with Crippen molar-refractivity contribution >= 4 is 21.6 Å². The molecular weight excluding hydrogens is 216 g/mol. The highest BCUT2D eigenvalue weighted by molar-refractivity contribution is 8.02. The predicted octanol–water partition coefficient (Wildman–Crippen LogP) is 1.59. The van der Waals surface area contributed by atoms with E-state index >= 15 is 0 Å². The summed E-state index contributed by atoms with van der Waals surface area (Å²) in [5.74, 6) is 1.37. The van der Waals surface area contributed by atoms with E-state index in [1.807, 2.05) is 30.3 Å². The van der Waals surface area contributed by atoms with E-state index in [1.165, 1.54) is 0 Å². The first-order chi connectivity index (χ1) is 6.79. The van der Waals surface area contributed by atoms with E-state index in [4.69, 9.17) is 0 Å². The van der Waals surface area contributed by atoms with Crippen LogP contribution in [0.2, 0.25) is 0 Å². The van der Waals surface area contributed by atoms with Gasteiger partial charge in [0.25, 0.3) is 0 Å². The lowest BCUT2D eigenvalue weighted by Crippen LogP contribution is -2.23. The molecule has 0 N–H and O–H groups in total. The first-order valence-electron chi connectivity index (χ1n) is 4.58. The molecule has 4 heteroatoms. The van der Waals surface area contributed by atoms with Gasteiger partial charge in [-0.1, -0.05) is 30.3 Å². The van der Waals surface area contributed by atoms with E-state index in [2.05, 4.69) is 0 Å². The Hall–Kier alpha value is -0.480. The van der Waals surface area contributed by atoms with Gasteiger partial charge in [-0.3, -0.25) is 8.42 Å². The maximum absolute atomic E-state index is 11.7. The first kappa shape index (κ1) is 10.1. The molecule has 1 aromatic rings. The normalized spacial score (nSPS) is 32.7. The second-order valence-corrected chi connectivity index (χ2v) is 6.85. The van der Waals surface area contributed by atoms with Crippen LogP contribution >= 0.6 is 0 Å². The Labute approximate surface area is 88.6 Å². The third-order valence-electron chi connectivity index (χ3n) is 2.24. The largest absolute Gasteiger partial charge is 0.258 e. The van der Waals surface area contributed by atoms with Crippen LogP contribution in [0.5, 0.6) is 0 Å². The molecule has 1 saturated heterocycles. The summed E-state index contributed by atoms with van der Waals surface area (Å²) in [6.45, 7) is 0. The second kappa shape index (κ2) is 4.36. The Morgan fingerprint density at radius 1 is 1.00 bits per heavy atom. The minimum atomic E-state index is -0.959. The smallest absolute Gasteiger partial charge is 0.135 e. The third-order valence-corrected chi connectivity index (χ3v) is 6.41. The predicted molar refractivity (Wildman–Crippen MR) is 59.8 cm³/mol. The van der Waals surface area contributed by atoms with Crippen LogP contribution in [-0.2, 0) is 21.6 Å². The Kier molecular flexibility index (Phi) is 3.13. The van der Waals surface area contributed by atoms with Gasteiger partial charge < -0.3 is 0 Å². The van der Waals surface area contributed by atoms with Gasteiger partial charge in [-0.05, 0) is 12.0 Å². The van der Waals surface area contributed by atoms with Crippen molar-refractivity contribution in [1.29, 1.82) is 0 Å². The van der Waals surface area contributed by atoms with E-state index in [1.54, 1.807) is 0 Å². The first-order valence-corrected chi connectivity index (χ1v) is 7.35. The topological polar surface area (TPSA) is 34.1 Å². The third kappa shape index (κ3) is 1.96. The number of rotatable bonds is 1. The zero-order chi connectivity index (χ0) is 9.97. The lowest BCUT2D eigenvalue weighted by Gasteiger charge is -2.20. The van der Waals surface area contributed by atoms with Crippen molar-refractivity contribution in [3.63, 3.8) is 0 Å². The summed E-state index contributed by atoms with van der Waals surface area (Å²) >= 11 is 0. The minimum Gasteiger partial charge on any atom is -0.258 e. The van der Waals surface area contributed by atoms with Crippen LogP contribution in [0, 0.1) is 0 Å². The summed E-state index contributed by atoms with van der Waals surface area (Å²) in [4.78, 5) is 0. The quantitative estimate of drug-likeness (QED) is 0.731. The number of benzene rings is 1. The lowest BCUT2D eigenvalue weighted by atomic mass is 10.2. The van der Waals surface area contributed by atoms with Crippen molar-refractivity contribution in [2.45, 2.75) is 11.0 Å². The fraction of sp³-hybridized carbons (Fsp3) is 0.400. The minimum absolute atomic E-state index is 0.259. The van der Waals surface area contributed by atoms with Crippen LogP contribution in [0.3, 0.4) is 0 Å². The van der Waals surface area contributed by atoms with Crippen LogP contribution in [0.25, 0.3) is 0 Å². The standard InChI is InChI=1S/C10H12O2S2/c11-13-7-4-8-14(12)10(13)9-5-2-1-3-6-9/h1-3,5-6,10H,4,7-8H2. The fourth-order valence-electron chi connectivity index (χ4n) is 1.59. The van der Waals surface area contributed by atoms with Gasteiger partial charge in [-0.2, -0.15) is 0 Å². The summed E-state index contributed by atoms with van der Waals surface area (Å²) in [5, 5.41) is 0. The molecule has 76 valence electrons. The fourth-order valence-corrected chi connectivity index (χ4v) is 5.52. The Morgan fingerprint density at radius 2 is 1.57 bits per heavy atom. The zero-order valence-corrected chi connectivity index (χ0v) is 9.35. The van der Waals surface area contributed by atoms with Gasteiger partial charge in [-0.15, -0.1) is 0 Å². The number of hydrogen-bond acceptors (Lipinski definition) is 2. The lowest BCUT2D eigenvalue weighted by molar-refractivity contribution is 0.664. The Morgan fingerprint density at radius 3 is 2.14 bits per heavy atom. The van der Waals surface area contributed by atoms with E-state index in [-0.39, 0.29) is 4.58 Å². The molecule has 0 bridgehead atoms. The summed E-state index contributed by atoms with van der Waals surface area (Å²) in [6.07, 6.45) is 0.822. The maximum atomic E-state index is 11.7. The highest BCUT2D eigenvalue weighted by atomic mass is 32.2. The Balaban J connectivity index is 2.32. The molecular formula is C10H12O2S2. The van der Waals surface area contributed by atoms with Crippen molar-refractivity contribution < 1.29 is 8.42 Å². The molecule has 0 saturated carbocycles. The van der Waals surface area contributed by atoms with Crippen molar-refractivity contribution in [3.8, 4) is 0 Å². The molecule has 1 fully saturated rings. The zero-order valence-electron chi connectivity index (χ0n) is 7.72. The molecule has 0 aliphatic carbocycles. The average molecular weight is 228 g/mol. The summed E-state index contributed by atoms with van der Waals surface area (Å²) in [7, 11) is -1.92. The molecule has 1 heterocycles. The molecule has 2 unspecified atom stereocenters. The van der Waals surface area contributed by atoms with Gasteiger partial charge in [0.05, 0.1) is 0 Å². The van der Waals surface area contributed by atoms with Crippen LogP contribution < -0.4 is 0 Å². The molecule has 0 amide bonds. The van der Waals surface area contributed by atoms with Gasteiger partial charge in [0, 0.05) is 33.1 Å². The molecule has 2 atom stereocenters. The van der Waals surface area contributed by atoms with Gasteiger partial charge in [-0.25, -0.2) is 0 Å². The van der Waals surface area contributed by atoms with E-state index in [0.29, 0.717) is 11.5 Å². The molecule has 0 spiro atoms. The molecule has 0 aromatic heterocycles. The average Bonchev–Trinajstić information content (AvgIpc) is 2.19. The molecule has 1 aromatic carbocycles. The van der Waals surface area contributed by atoms with Gasteiger partial charge in [0.1, 0.15) is 4.58 Å². The van der Waals surface area contributed by atoms with Gasteiger partial charge in [0.15, 0.2) is 0 Å². The highest BCUT2D eigenvalue weighted by Gasteiger charge is 2.28. The molecule has 0 radical (unpaired) electrons. The molecule has 14 heavy (non-hydrogen) atoms. The summed E-state index contributed by atoms with van der Waals surface area (Å²) in [6, 6.07) is 9.53.